The molecule has 6 heteroatoms. The van der Waals surface area contributed by atoms with E-state index in [1.807, 2.05) is 6.07 Å². The van der Waals surface area contributed by atoms with E-state index in [1.54, 1.807) is 23.9 Å². The van der Waals surface area contributed by atoms with Gasteiger partial charge in [0.05, 0.1) is 6.04 Å². The number of hydrogen-bond acceptors (Lipinski definition) is 4. The first-order valence-corrected chi connectivity index (χ1v) is 8.79. The van der Waals surface area contributed by atoms with Gasteiger partial charge in [-0.25, -0.2) is 14.4 Å². The van der Waals surface area contributed by atoms with E-state index in [1.165, 1.54) is 6.07 Å². The highest BCUT2D eigenvalue weighted by Crippen LogP contribution is 2.41. The first-order valence-electron chi connectivity index (χ1n) is 7.43. The van der Waals surface area contributed by atoms with E-state index in [0.717, 1.165) is 47.1 Å². The van der Waals surface area contributed by atoms with Crippen LogP contribution < -0.4 is 5.32 Å². The van der Waals surface area contributed by atoms with Crippen molar-refractivity contribution in [3.63, 3.8) is 0 Å². The molecular formula is C16H15ClFN3S. The molecule has 0 amide bonds. The summed E-state index contributed by atoms with van der Waals surface area (Å²) in [5.41, 5.74) is 0.999. The number of rotatable bonds is 3. The van der Waals surface area contributed by atoms with Gasteiger partial charge in [0.15, 0.2) is 0 Å². The first kappa shape index (κ1) is 14.3. The van der Waals surface area contributed by atoms with Crippen molar-refractivity contribution >= 4 is 29.2 Å². The SMILES string of the molecule is Fc1cccc2c1SCCC2Nc1cc(Cl)nc(C2CC2)n1. The highest BCUT2D eigenvalue weighted by molar-refractivity contribution is 7.99. The van der Waals surface area contributed by atoms with Crippen LogP contribution in [0.3, 0.4) is 0 Å². The van der Waals surface area contributed by atoms with Crippen LogP contribution in [0, 0.1) is 5.82 Å². The van der Waals surface area contributed by atoms with Crippen molar-refractivity contribution in [2.24, 2.45) is 0 Å². The minimum Gasteiger partial charge on any atom is -0.363 e. The van der Waals surface area contributed by atoms with E-state index in [9.17, 15) is 4.39 Å². The highest BCUT2D eigenvalue weighted by atomic mass is 35.5. The molecule has 0 saturated heterocycles. The number of hydrogen-bond donors (Lipinski definition) is 1. The predicted octanol–water partition coefficient (Wildman–Crippen LogP) is 4.80. The lowest BCUT2D eigenvalue weighted by molar-refractivity contribution is 0.584. The van der Waals surface area contributed by atoms with Gasteiger partial charge in [-0.1, -0.05) is 23.7 Å². The number of fused-ring (bicyclic) bond motifs is 1. The molecule has 1 aromatic heterocycles. The zero-order chi connectivity index (χ0) is 15.1. The topological polar surface area (TPSA) is 37.8 Å². The Bertz CT molecular complexity index is 721. The Balaban J connectivity index is 1.63. The van der Waals surface area contributed by atoms with Gasteiger partial charge in [0, 0.05) is 22.6 Å². The van der Waals surface area contributed by atoms with Gasteiger partial charge in [0.25, 0.3) is 0 Å². The molecule has 22 heavy (non-hydrogen) atoms. The second kappa shape index (κ2) is 5.70. The molecule has 114 valence electrons. The lowest BCUT2D eigenvalue weighted by Crippen LogP contribution is -2.18. The summed E-state index contributed by atoms with van der Waals surface area (Å²) in [6.07, 6.45) is 3.20. The molecule has 1 N–H and O–H groups in total. The summed E-state index contributed by atoms with van der Waals surface area (Å²) in [4.78, 5) is 9.62. The van der Waals surface area contributed by atoms with Crippen LogP contribution in [0.15, 0.2) is 29.2 Å². The van der Waals surface area contributed by atoms with Crippen molar-refractivity contribution in [1.29, 1.82) is 0 Å². The van der Waals surface area contributed by atoms with Crippen LogP contribution in [0.5, 0.6) is 0 Å². The predicted molar refractivity (Wildman–Crippen MR) is 87.1 cm³/mol. The Kier molecular flexibility index (Phi) is 3.70. The normalized spacial score (nSPS) is 20.5. The first-order chi connectivity index (χ1) is 10.7. The van der Waals surface area contributed by atoms with E-state index < -0.39 is 0 Å². The number of aromatic nitrogens is 2. The molecule has 3 nitrogen and oxygen atoms in total. The summed E-state index contributed by atoms with van der Waals surface area (Å²) >= 11 is 7.69. The van der Waals surface area contributed by atoms with Crippen molar-refractivity contribution in [3.05, 3.63) is 46.6 Å². The zero-order valence-corrected chi connectivity index (χ0v) is 13.4. The molecule has 0 spiro atoms. The Hall–Kier alpha value is -1.33. The minimum atomic E-state index is -0.145. The minimum absolute atomic E-state index is 0.0602. The van der Waals surface area contributed by atoms with Crippen molar-refractivity contribution in [3.8, 4) is 0 Å². The monoisotopic (exact) mass is 335 g/mol. The largest absolute Gasteiger partial charge is 0.363 e. The van der Waals surface area contributed by atoms with E-state index in [2.05, 4.69) is 15.3 Å². The van der Waals surface area contributed by atoms with Crippen molar-refractivity contribution in [2.75, 3.05) is 11.1 Å². The second-order valence-electron chi connectivity index (χ2n) is 5.70. The Morgan fingerprint density at radius 3 is 2.91 bits per heavy atom. The third kappa shape index (κ3) is 2.79. The van der Waals surface area contributed by atoms with Gasteiger partial charge < -0.3 is 5.32 Å². The Morgan fingerprint density at radius 1 is 1.23 bits per heavy atom. The van der Waals surface area contributed by atoms with E-state index in [4.69, 9.17) is 11.6 Å². The molecule has 2 heterocycles. The van der Waals surface area contributed by atoms with Gasteiger partial charge in [-0.2, -0.15) is 0 Å². The molecular weight excluding hydrogens is 321 g/mol. The van der Waals surface area contributed by atoms with Crippen LogP contribution in [0.25, 0.3) is 0 Å². The molecule has 0 bridgehead atoms. The lowest BCUT2D eigenvalue weighted by atomic mass is 10.0. The number of nitrogens with zero attached hydrogens (tertiary/aromatic N) is 2. The number of thioether (sulfide) groups is 1. The van der Waals surface area contributed by atoms with Crippen molar-refractivity contribution < 1.29 is 4.39 Å². The molecule has 1 aliphatic heterocycles. The van der Waals surface area contributed by atoms with Crippen LogP contribution in [0.4, 0.5) is 10.2 Å². The summed E-state index contributed by atoms with van der Waals surface area (Å²) in [6, 6.07) is 7.06. The number of halogens is 2. The molecule has 1 atom stereocenters. The molecule has 4 rings (SSSR count). The third-order valence-corrected chi connectivity index (χ3v) is 5.36. The fourth-order valence-corrected chi connectivity index (χ4v) is 4.08. The molecule has 1 aliphatic carbocycles. The molecule has 2 aromatic rings. The average molecular weight is 336 g/mol. The van der Waals surface area contributed by atoms with E-state index in [0.29, 0.717) is 11.1 Å². The maximum absolute atomic E-state index is 13.9. The fourth-order valence-electron chi connectivity index (χ4n) is 2.75. The molecule has 0 radical (unpaired) electrons. The smallest absolute Gasteiger partial charge is 0.137 e. The van der Waals surface area contributed by atoms with Gasteiger partial charge in [-0.15, -0.1) is 11.8 Å². The standard InChI is InChI=1S/C16H15ClFN3S/c17-13-8-14(21-16(20-13)9-4-5-9)19-12-6-7-22-15-10(12)2-1-3-11(15)18/h1-3,8-9,12H,4-7H2,(H,19,20,21). The number of nitrogens with one attached hydrogen (secondary N) is 1. The van der Waals surface area contributed by atoms with Gasteiger partial charge >= 0.3 is 0 Å². The third-order valence-electron chi connectivity index (χ3n) is 4.00. The van der Waals surface area contributed by atoms with Gasteiger partial charge in [0.2, 0.25) is 0 Å². The number of anilines is 1. The summed E-state index contributed by atoms with van der Waals surface area (Å²) in [5.74, 6) is 2.74. The molecule has 1 saturated carbocycles. The van der Waals surface area contributed by atoms with Crippen LogP contribution in [0.1, 0.15) is 42.6 Å². The van der Waals surface area contributed by atoms with Crippen LogP contribution >= 0.6 is 23.4 Å². The van der Waals surface area contributed by atoms with Gasteiger partial charge in [-0.3, -0.25) is 0 Å². The van der Waals surface area contributed by atoms with Gasteiger partial charge in [0.1, 0.15) is 22.6 Å². The fraction of sp³-hybridized carbons (Fsp3) is 0.375. The van der Waals surface area contributed by atoms with Crippen molar-refractivity contribution in [1.82, 2.24) is 9.97 Å². The van der Waals surface area contributed by atoms with Gasteiger partial charge in [-0.05, 0) is 30.9 Å². The Labute approximate surface area is 137 Å². The summed E-state index contributed by atoms with van der Waals surface area (Å²) in [7, 11) is 0. The number of benzene rings is 1. The summed E-state index contributed by atoms with van der Waals surface area (Å²) in [6.45, 7) is 0. The molecule has 2 aliphatic rings. The molecule has 1 aromatic carbocycles. The second-order valence-corrected chi connectivity index (χ2v) is 7.19. The maximum Gasteiger partial charge on any atom is 0.137 e. The van der Waals surface area contributed by atoms with Crippen LogP contribution in [0.2, 0.25) is 5.15 Å². The van der Waals surface area contributed by atoms with E-state index in [-0.39, 0.29) is 11.9 Å². The zero-order valence-electron chi connectivity index (χ0n) is 11.9. The maximum atomic E-state index is 13.9. The Morgan fingerprint density at radius 2 is 2.09 bits per heavy atom. The average Bonchev–Trinajstić information content (AvgIpc) is 3.32. The van der Waals surface area contributed by atoms with Crippen molar-refractivity contribution in [2.45, 2.75) is 36.1 Å². The lowest BCUT2D eigenvalue weighted by Gasteiger charge is -2.26. The molecule has 1 fully saturated rings. The molecule has 1 unspecified atom stereocenters. The highest BCUT2D eigenvalue weighted by Gasteiger charge is 2.28. The van der Waals surface area contributed by atoms with Crippen LogP contribution in [-0.4, -0.2) is 15.7 Å². The van der Waals surface area contributed by atoms with E-state index >= 15 is 0 Å². The quantitative estimate of drug-likeness (QED) is 0.818. The van der Waals surface area contributed by atoms with Crippen LogP contribution in [-0.2, 0) is 0 Å². The summed E-state index contributed by atoms with van der Waals surface area (Å²) < 4.78 is 13.9. The summed E-state index contributed by atoms with van der Waals surface area (Å²) in [5, 5.41) is 3.87.